The van der Waals surface area contributed by atoms with Crippen molar-refractivity contribution in [3.05, 3.63) is 47.5 Å². The Hall–Kier alpha value is -3.42. The van der Waals surface area contributed by atoms with E-state index in [1.807, 2.05) is 0 Å². The van der Waals surface area contributed by atoms with Gasteiger partial charge in [0, 0.05) is 11.8 Å². The second-order valence-electron chi connectivity index (χ2n) is 6.64. The van der Waals surface area contributed by atoms with Gasteiger partial charge in [-0.25, -0.2) is 0 Å². The number of methoxy groups -OCH3 is 2. The zero-order chi connectivity index (χ0) is 20.6. The molecular weight excluding hydrogens is 368 g/mol. The van der Waals surface area contributed by atoms with Crippen molar-refractivity contribution in [1.29, 1.82) is 0 Å². The van der Waals surface area contributed by atoms with Gasteiger partial charge in [-0.1, -0.05) is 12.1 Å². The molecule has 0 aromatic heterocycles. The van der Waals surface area contributed by atoms with Gasteiger partial charge in [0.2, 0.25) is 0 Å². The predicted octanol–water partition coefficient (Wildman–Crippen LogP) is 2.40. The summed E-state index contributed by atoms with van der Waals surface area (Å²) >= 11 is 0. The second-order valence-corrected chi connectivity index (χ2v) is 6.64. The molecule has 0 aliphatic heterocycles. The van der Waals surface area contributed by atoms with E-state index in [-0.39, 0.29) is 23.0 Å². The Bertz CT molecular complexity index is 847. The van der Waals surface area contributed by atoms with Crippen molar-refractivity contribution >= 4 is 11.9 Å². The summed E-state index contributed by atoms with van der Waals surface area (Å²) < 4.78 is 10.2. The third-order valence-electron chi connectivity index (χ3n) is 5.30. The summed E-state index contributed by atoms with van der Waals surface area (Å²) in [6.07, 6.45) is 0. The molecule has 3 rings (SSSR count). The number of carboxylic acid groups (broad SMARTS) is 2. The number of aliphatic carboxylic acids is 2. The Morgan fingerprint density at radius 3 is 1.39 bits per heavy atom. The molecule has 0 heterocycles. The lowest BCUT2D eigenvalue weighted by Crippen LogP contribution is -2.51. The van der Waals surface area contributed by atoms with E-state index < -0.39 is 35.6 Å². The van der Waals surface area contributed by atoms with Gasteiger partial charge in [0.05, 0.1) is 26.1 Å². The molecule has 8 heteroatoms. The maximum absolute atomic E-state index is 11.8. The van der Waals surface area contributed by atoms with Crippen LogP contribution in [0.4, 0.5) is 0 Å². The number of carboxylic acids is 2. The number of hydrogen-bond acceptors (Lipinski definition) is 6. The van der Waals surface area contributed by atoms with Crippen LogP contribution in [0.3, 0.4) is 0 Å². The zero-order valence-corrected chi connectivity index (χ0v) is 15.2. The van der Waals surface area contributed by atoms with Gasteiger partial charge in [0.1, 0.15) is 0 Å². The molecule has 4 atom stereocenters. The molecule has 148 valence electrons. The lowest BCUT2D eigenvalue weighted by Gasteiger charge is -2.48. The Morgan fingerprint density at radius 1 is 0.750 bits per heavy atom. The largest absolute Gasteiger partial charge is 0.504 e. The van der Waals surface area contributed by atoms with Crippen molar-refractivity contribution in [1.82, 2.24) is 0 Å². The molecule has 2 aromatic carbocycles. The van der Waals surface area contributed by atoms with Gasteiger partial charge in [-0.15, -0.1) is 0 Å². The summed E-state index contributed by atoms with van der Waals surface area (Å²) in [5, 5.41) is 39.0. The van der Waals surface area contributed by atoms with Gasteiger partial charge in [0.25, 0.3) is 0 Å². The third-order valence-corrected chi connectivity index (χ3v) is 5.30. The minimum absolute atomic E-state index is 0.102. The van der Waals surface area contributed by atoms with Crippen LogP contribution in [0.1, 0.15) is 23.0 Å². The summed E-state index contributed by atoms with van der Waals surface area (Å²) in [5.74, 6) is -5.94. The summed E-state index contributed by atoms with van der Waals surface area (Å²) in [7, 11) is 2.74. The first-order valence-electron chi connectivity index (χ1n) is 8.49. The molecule has 1 saturated carbocycles. The van der Waals surface area contributed by atoms with Crippen LogP contribution in [0.2, 0.25) is 0 Å². The van der Waals surface area contributed by atoms with E-state index in [9.17, 15) is 30.0 Å². The molecule has 4 N–H and O–H groups in total. The lowest BCUT2D eigenvalue weighted by molar-refractivity contribution is -0.164. The van der Waals surface area contributed by atoms with Crippen LogP contribution in [0.25, 0.3) is 0 Å². The van der Waals surface area contributed by atoms with Crippen LogP contribution in [0.5, 0.6) is 23.0 Å². The molecule has 8 nitrogen and oxygen atoms in total. The highest BCUT2D eigenvalue weighted by molar-refractivity contribution is 5.85. The van der Waals surface area contributed by atoms with E-state index in [0.29, 0.717) is 11.1 Å². The number of hydrogen-bond donors (Lipinski definition) is 4. The number of phenolic OH excluding ortho intramolecular Hbond substituents is 2. The Kier molecular flexibility index (Phi) is 5.04. The highest BCUT2D eigenvalue weighted by Gasteiger charge is 2.59. The van der Waals surface area contributed by atoms with Crippen molar-refractivity contribution < 1.29 is 39.5 Å². The van der Waals surface area contributed by atoms with Crippen molar-refractivity contribution in [2.24, 2.45) is 11.8 Å². The summed E-state index contributed by atoms with van der Waals surface area (Å²) in [4.78, 5) is 23.7. The zero-order valence-electron chi connectivity index (χ0n) is 15.2. The van der Waals surface area contributed by atoms with Gasteiger partial charge < -0.3 is 29.9 Å². The van der Waals surface area contributed by atoms with Crippen LogP contribution < -0.4 is 9.47 Å². The van der Waals surface area contributed by atoms with Crippen molar-refractivity contribution in [2.75, 3.05) is 14.2 Å². The molecule has 1 aliphatic carbocycles. The van der Waals surface area contributed by atoms with E-state index in [1.165, 1.54) is 38.5 Å². The molecule has 0 unspecified atom stereocenters. The van der Waals surface area contributed by atoms with Gasteiger partial charge in [-0.3, -0.25) is 9.59 Å². The van der Waals surface area contributed by atoms with E-state index >= 15 is 0 Å². The molecule has 1 aliphatic rings. The average molecular weight is 388 g/mol. The molecule has 0 radical (unpaired) electrons. The second kappa shape index (κ2) is 7.30. The first kappa shape index (κ1) is 19.3. The summed E-state index contributed by atoms with van der Waals surface area (Å²) in [6.45, 7) is 0. The minimum Gasteiger partial charge on any atom is -0.504 e. The summed E-state index contributed by atoms with van der Waals surface area (Å²) in [5.41, 5.74) is 1.08. The van der Waals surface area contributed by atoms with Crippen LogP contribution >= 0.6 is 0 Å². The molecule has 0 saturated heterocycles. The highest BCUT2D eigenvalue weighted by Crippen LogP contribution is 2.59. The normalized spacial score (nSPS) is 23.5. The standard InChI is InChI=1S/C20H20O8/c1-27-13-7-9(3-5-11(13)21)15-16(18(20(25)26)17(15)19(23)24)10-4-6-12(22)14(8-10)28-2/h3-8,15-18,21-22H,1-2H3,(H,23,24)(H,25,26)/t15-,16+,17+,18-. The van der Waals surface area contributed by atoms with Crippen LogP contribution in [-0.2, 0) is 9.59 Å². The maximum atomic E-state index is 11.8. The number of ether oxygens (including phenoxy) is 2. The van der Waals surface area contributed by atoms with Crippen LogP contribution in [-0.4, -0.2) is 46.6 Å². The highest BCUT2D eigenvalue weighted by atomic mass is 16.5. The Morgan fingerprint density at radius 2 is 1.11 bits per heavy atom. The summed E-state index contributed by atoms with van der Waals surface area (Å²) in [6, 6.07) is 8.91. The van der Waals surface area contributed by atoms with E-state index in [4.69, 9.17) is 9.47 Å². The predicted molar refractivity (Wildman–Crippen MR) is 97.1 cm³/mol. The fraction of sp³-hybridized carbons (Fsp3) is 0.300. The number of benzene rings is 2. The van der Waals surface area contributed by atoms with Gasteiger partial charge in [0.15, 0.2) is 23.0 Å². The maximum Gasteiger partial charge on any atom is 0.308 e. The Labute approximate surface area is 160 Å². The number of aromatic hydroxyl groups is 2. The van der Waals surface area contributed by atoms with Crippen molar-refractivity contribution in [3.63, 3.8) is 0 Å². The smallest absolute Gasteiger partial charge is 0.308 e. The molecule has 1 fully saturated rings. The number of carbonyl (C=O) groups is 2. The molecule has 0 spiro atoms. The monoisotopic (exact) mass is 388 g/mol. The first-order valence-corrected chi connectivity index (χ1v) is 8.49. The van der Waals surface area contributed by atoms with E-state index in [2.05, 4.69) is 0 Å². The van der Waals surface area contributed by atoms with Crippen molar-refractivity contribution in [3.8, 4) is 23.0 Å². The van der Waals surface area contributed by atoms with Gasteiger partial charge >= 0.3 is 11.9 Å². The molecular formula is C20H20O8. The molecule has 0 amide bonds. The quantitative estimate of drug-likeness (QED) is 0.593. The first-order chi connectivity index (χ1) is 13.3. The van der Waals surface area contributed by atoms with Gasteiger partial charge in [-0.2, -0.15) is 0 Å². The average Bonchev–Trinajstić information content (AvgIpc) is 2.63. The molecule has 28 heavy (non-hydrogen) atoms. The minimum atomic E-state index is -1.22. The fourth-order valence-corrected chi connectivity index (χ4v) is 3.99. The third kappa shape index (κ3) is 3.06. The molecule has 0 bridgehead atoms. The number of phenols is 2. The van der Waals surface area contributed by atoms with Crippen LogP contribution in [0.15, 0.2) is 36.4 Å². The molecule has 2 aromatic rings. The number of rotatable bonds is 6. The lowest BCUT2D eigenvalue weighted by atomic mass is 9.52. The van der Waals surface area contributed by atoms with Crippen LogP contribution in [0, 0.1) is 11.8 Å². The fourth-order valence-electron chi connectivity index (χ4n) is 3.99. The van der Waals surface area contributed by atoms with E-state index in [0.717, 1.165) is 0 Å². The topological polar surface area (TPSA) is 134 Å². The van der Waals surface area contributed by atoms with Gasteiger partial charge in [-0.05, 0) is 35.4 Å². The van der Waals surface area contributed by atoms with Crippen molar-refractivity contribution in [2.45, 2.75) is 11.8 Å². The Balaban J connectivity index is 2.13. The van der Waals surface area contributed by atoms with E-state index in [1.54, 1.807) is 12.1 Å². The SMILES string of the molecule is COc1cc([C@@H]2[C@@H](C(=O)O)[C@@H](C(=O)O)[C@@H]2c2ccc(O)c(OC)c2)ccc1O.